The zero-order valence-electron chi connectivity index (χ0n) is 49.6. The summed E-state index contributed by atoms with van der Waals surface area (Å²) in [6, 6.07) is 13.3. The predicted molar refractivity (Wildman–Crippen MR) is 327 cm³/mol. The largest absolute Gasteiger partial charge is 0.486 e. The number of piperazine rings is 1. The summed E-state index contributed by atoms with van der Waals surface area (Å²) in [4.78, 5) is 61.0. The van der Waals surface area contributed by atoms with Gasteiger partial charge in [-0.1, -0.05) is 38.1 Å². The maximum absolute atomic E-state index is 16.3. The summed E-state index contributed by atoms with van der Waals surface area (Å²) in [7, 11) is 0. The van der Waals surface area contributed by atoms with E-state index in [0.29, 0.717) is 95.9 Å². The summed E-state index contributed by atoms with van der Waals surface area (Å²) in [6.45, 7) is 11.7. The second kappa shape index (κ2) is 22.4. The van der Waals surface area contributed by atoms with E-state index in [1.165, 1.54) is 15.6 Å². The molecule has 2 amide bonds. The van der Waals surface area contributed by atoms with Gasteiger partial charge in [-0.15, -0.1) is 0 Å². The highest BCUT2D eigenvalue weighted by Gasteiger charge is 2.45. The molecule has 456 valence electrons. The van der Waals surface area contributed by atoms with E-state index in [1.54, 1.807) is 25.5 Å². The molecule has 5 aliphatic heterocycles. The average Bonchev–Trinajstić information content (AvgIpc) is 1.42. The third-order valence-corrected chi connectivity index (χ3v) is 19.1. The Labute approximate surface area is 505 Å². The molecule has 0 unspecified atom stereocenters. The van der Waals surface area contributed by atoms with Crippen LogP contribution in [0.5, 0.6) is 11.8 Å². The van der Waals surface area contributed by atoms with Crippen molar-refractivity contribution >= 4 is 61.2 Å². The number of fused-ring (bicyclic) bond motifs is 8. The molecule has 4 aromatic carbocycles. The Morgan fingerprint density at radius 2 is 1.77 bits per heavy atom. The van der Waals surface area contributed by atoms with Crippen molar-refractivity contribution in [3.05, 3.63) is 117 Å². The second-order valence-corrected chi connectivity index (χ2v) is 25.1. The lowest BCUT2D eigenvalue weighted by Crippen LogP contribution is -2.50. The van der Waals surface area contributed by atoms with E-state index in [9.17, 15) is 19.8 Å². The van der Waals surface area contributed by atoms with Crippen molar-refractivity contribution in [3.63, 3.8) is 0 Å². The van der Waals surface area contributed by atoms with E-state index < -0.39 is 41.6 Å². The Bertz CT molecular complexity index is 4320. The highest BCUT2D eigenvalue weighted by Crippen LogP contribution is 2.54. The van der Waals surface area contributed by atoms with Gasteiger partial charge in [0.25, 0.3) is 5.56 Å². The number of hydrogen-bond acceptors (Lipinski definition) is 16. The number of aryl methyl sites for hydroxylation is 1. The van der Waals surface area contributed by atoms with Crippen molar-refractivity contribution in [3.8, 4) is 34.1 Å². The van der Waals surface area contributed by atoms with E-state index in [0.717, 1.165) is 93.6 Å². The molecule has 15 rings (SSSR count). The van der Waals surface area contributed by atoms with Crippen LogP contribution >= 0.6 is 0 Å². The number of pyridine rings is 1. The lowest BCUT2D eigenvalue weighted by Gasteiger charge is -2.31. The number of ether oxygens (including phenoxy) is 3. The SMILES string of the molecule is CCn1nccc1-c1ccc([C@H](CO)NC(=O)[C@@H]2C[C@@H](O)CN2C(=O)[C@H](C(C)C)n2cc3c(n2)c(=O)[nH]c2cc(COc4c(-c5c(C)c(F)cc6[nH]ncc56)c(C5CC5)cc5c(N6C[C@@H]7C[C@H]6CN7)nc(OC6CCOCC6)nc45)ccc23)c2c1CNC2. The van der Waals surface area contributed by atoms with Gasteiger partial charge >= 0.3 is 6.01 Å². The molecule has 88 heavy (non-hydrogen) atoms. The van der Waals surface area contributed by atoms with Crippen molar-refractivity contribution in [2.75, 3.05) is 44.4 Å². The van der Waals surface area contributed by atoms with Gasteiger partial charge in [0.05, 0.1) is 49.4 Å². The van der Waals surface area contributed by atoms with E-state index in [1.807, 2.05) is 61.9 Å². The first-order valence-corrected chi connectivity index (χ1v) is 31.0. The monoisotopic (exact) mass is 1190 g/mol. The number of β-amino-alcohol motifs (C(OH)–C–C–N with tert-alkyl or cyclic N) is 1. The molecule has 1 saturated carbocycles. The number of amides is 2. The van der Waals surface area contributed by atoms with Gasteiger partial charge in [-0.3, -0.25) is 28.8 Å². The van der Waals surface area contributed by atoms with Crippen LogP contribution in [0.2, 0.25) is 0 Å². The number of likely N-dealkylation sites (tertiary alicyclic amines) is 1. The van der Waals surface area contributed by atoms with Gasteiger partial charge in [0, 0.05) is 127 Å². The van der Waals surface area contributed by atoms with Crippen LogP contribution in [0.4, 0.5) is 10.2 Å². The van der Waals surface area contributed by atoms with Crippen LogP contribution in [0.3, 0.4) is 0 Å². The molecule has 6 atom stereocenters. The molecule has 5 fully saturated rings. The minimum atomic E-state index is -1.05. The Kier molecular flexibility index (Phi) is 14.3. The summed E-state index contributed by atoms with van der Waals surface area (Å²) in [5.74, 6) is -0.258. The van der Waals surface area contributed by atoms with Gasteiger partial charge in [0.15, 0.2) is 11.3 Å². The number of hydrogen-bond donors (Lipinski definition) is 7. The Balaban J connectivity index is 0.756. The Morgan fingerprint density at radius 1 is 0.932 bits per heavy atom. The van der Waals surface area contributed by atoms with Crippen LogP contribution in [-0.2, 0) is 40.6 Å². The lowest BCUT2D eigenvalue weighted by atomic mass is 9.88. The number of nitrogens with one attached hydrogen (secondary N) is 5. The fourth-order valence-electron chi connectivity index (χ4n) is 14.6. The maximum atomic E-state index is 16.3. The zero-order valence-corrected chi connectivity index (χ0v) is 49.6. The first-order chi connectivity index (χ1) is 42.8. The Morgan fingerprint density at radius 3 is 2.55 bits per heavy atom. The average molecular weight is 1200 g/mol. The summed E-state index contributed by atoms with van der Waals surface area (Å²) >= 11 is 0. The summed E-state index contributed by atoms with van der Waals surface area (Å²) in [6.07, 6.45) is 8.38. The van der Waals surface area contributed by atoms with E-state index in [-0.39, 0.29) is 67.5 Å². The van der Waals surface area contributed by atoms with Crippen molar-refractivity contribution in [1.82, 2.24) is 65.6 Å². The third kappa shape index (κ3) is 9.72. The number of anilines is 1. The maximum Gasteiger partial charge on any atom is 0.319 e. The van der Waals surface area contributed by atoms with Crippen LogP contribution in [0.25, 0.3) is 66.0 Å². The fraction of sp³-hybridized carbons (Fsp3) is 0.446. The van der Waals surface area contributed by atoms with Crippen LogP contribution in [-0.4, -0.2) is 141 Å². The normalized spacial score (nSPS) is 21.0. The van der Waals surface area contributed by atoms with Crippen molar-refractivity contribution in [1.29, 1.82) is 0 Å². The third-order valence-electron chi connectivity index (χ3n) is 19.1. The lowest BCUT2D eigenvalue weighted by molar-refractivity contribution is -0.142. The molecule has 1 aliphatic carbocycles. The van der Waals surface area contributed by atoms with Gasteiger partial charge in [-0.2, -0.15) is 25.3 Å². The number of aromatic amines is 2. The first kappa shape index (κ1) is 56.2. The highest BCUT2D eigenvalue weighted by molar-refractivity contribution is 6.07. The standard InChI is InChI=1S/C65H71FN14O8/c1-5-79-53(12-15-70-79)42-11-10-40(45-24-67-25-46(42)45)52(30-81)72-62(83)54-20-38(82)28-78(54)64(85)59(32(2)3)80-29-48-41-9-6-34(18-50(41)71-63(84)58(48)76-80)31-87-60-56(55-33(4)49(66)22-51-47(55)26-69-75-51)43(35-7-8-35)21-44-57(60)73-65(88-39-13-16-86-17-14-39)74-61(44)77-27-36-19-37(77)23-68-36/h6,9-12,15,18,21-22,26,29,32,35-39,52,54,59,67-68,81-82H,5,7-8,13-14,16-17,19-20,23-25,27-28,30-31H2,1-4H3,(H,69,75)(H,71,84)(H,72,83)/t36-,37-,38+,52-,54-,59-/m0/s1. The molecule has 7 N–H and O–H groups in total. The molecule has 10 heterocycles. The number of aromatic nitrogens is 9. The molecule has 2 bridgehead atoms. The van der Waals surface area contributed by atoms with Gasteiger partial charge in [-0.25, -0.2) is 4.39 Å². The van der Waals surface area contributed by atoms with Crippen LogP contribution in [0.1, 0.15) is 111 Å². The molecule has 0 radical (unpaired) electrons. The molecule has 23 heteroatoms. The molecular weight excluding hydrogens is 1120 g/mol. The minimum absolute atomic E-state index is 0.00205. The first-order valence-electron chi connectivity index (χ1n) is 31.0. The summed E-state index contributed by atoms with van der Waals surface area (Å²) < 4.78 is 39.3. The molecular formula is C65H71FN14O8. The second-order valence-electron chi connectivity index (χ2n) is 25.1. The molecule has 5 aromatic heterocycles. The van der Waals surface area contributed by atoms with Crippen LogP contribution in [0.15, 0.2) is 71.9 Å². The number of benzene rings is 4. The quantitative estimate of drug-likeness (QED) is 0.0490. The van der Waals surface area contributed by atoms with Gasteiger partial charge in [0.2, 0.25) is 11.8 Å². The van der Waals surface area contributed by atoms with Gasteiger partial charge in [-0.05, 0) is 103 Å². The van der Waals surface area contributed by atoms with E-state index in [2.05, 4.69) is 47.2 Å². The van der Waals surface area contributed by atoms with Crippen LogP contribution < -0.4 is 35.9 Å². The molecule has 0 spiro atoms. The highest BCUT2D eigenvalue weighted by atomic mass is 19.1. The smallest absolute Gasteiger partial charge is 0.319 e. The number of rotatable bonds is 17. The fourth-order valence-corrected chi connectivity index (χ4v) is 14.6. The minimum Gasteiger partial charge on any atom is -0.486 e. The zero-order chi connectivity index (χ0) is 60.2. The number of carbonyl (C=O) groups is 2. The van der Waals surface area contributed by atoms with Gasteiger partial charge < -0.3 is 55.2 Å². The van der Waals surface area contributed by atoms with Crippen molar-refractivity contribution in [2.24, 2.45) is 5.92 Å². The van der Waals surface area contributed by atoms with Crippen molar-refractivity contribution in [2.45, 2.75) is 141 Å². The predicted octanol–water partition coefficient (Wildman–Crippen LogP) is 6.87. The van der Waals surface area contributed by atoms with E-state index in [4.69, 9.17) is 29.3 Å². The van der Waals surface area contributed by atoms with E-state index >= 15 is 9.18 Å². The van der Waals surface area contributed by atoms with Crippen LogP contribution in [0, 0.1) is 18.7 Å². The number of H-pyrrole nitrogens is 2. The Hall–Kier alpha value is -8.35. The number of aliphatic hydroxyl groups excluding tert-OH is 2. The van der Waals surface area contributed by atoms with Crippen molar-refractivity contribution < 1.29 is 38.4 Å². The topological polar surface area (TPSA) is 268 Å². The van der Waals surface area contributed by atoms with Gasteiger partial charge in [0.1, 0.15) is 41.9 Å². The molecule has 4 saturated heterocycles. The molecule has 22 nitrogen and oxygen atoms in total. The molecule has 6 aliphatic rings. The molecule has 9 aromatic rings. The number of halogens is 1. The summed E-state index contributed by atoms with van der Waals surface area (Å²) in [5, 5.41) is 51.5. The number of aliphatic hydroxyl groups is 2. The number of nitrogens with zero attached hydrogens (tertiary/aromatic N) is 9. The number of carbonyl (C=O) groups excluding carboxylic acids is 2. The summed E-state index contributed by atoms with van der Waals surface area (Å²) in [5.41, 5.74) is 9.73.